The molecule has 5 rings (SSSR count). The van der Waals surface area contributed by atoms with Crippen molar-refractivity contribution in [2.75, 3.05) is 44.2 Å². The van der Waals surface area contributed by atoms with Crippen LogP contribution in [0.25, 0.3) is 10.9 Å². The number of rotatable bonds is 6. The number of aldehydes is 1. The smallest absolute Gasteiger partial charge is 0.141 e. The Morgan fingerprint density at radius 1 is 1.15 bits per heavy atom. The van der Waals surface area contributed by atoms with Crippen molar-refractivity contribution in [2.45, 2.75) is 31.3 Å². The van der Waals surface area contributed by atoms with Gasteiger partial charge in [0.05, 0.1) is 23.3 Å². The quantitative estimate of drug-likeness (QED) is 0.524. The molecule has 6 nitrogen and oxygen atoms in total. The number of nitrogens with zero attached hydrogens (tertiary/aromatic N) is 4. The minimum atomic E-state index is -0.355. The van der Waals surface area contributed by atoms with Crippen molar-refractivity contribution in [2.24, 2.45) is 0 Å². The van der Waals surface area contributed by atoms with E-state index in [1.807, 2.05) is 23.0 Å². The molecule has 33 heavy (non-hydrogen) atoms. The summed E-state index contributed by atoms with van der Waals surface area (Å²) in [6.07, 6.45) is 5.04. The molecule has 2 aromatic carbocycles. The predicted octanol–water partition coefficient (Wildman–Crippen LogP) is 4.40. The third-order valence-corrected chi connectivity index (χ3v) is 7.67. The van der Waals surface area contributed by atoms with Crippen LogP contribution >= 0.6 is 23.2 Å². The van der Waals surface area contributed by atoms with Crippen molar-refractivity contribution in [1.82, 2.24) is 20.0 Å². The van der Waals surface area contributed by atoms with E-state index >= 15 is 0 Å². The Morgan fingerprint density at radius 2 is 1.97 bits per heavy atom. The summed E-state index contributed by atoms with van der Waals surface area (Å²) in [6, 6.07) is 12.1. The highest BCUT2D eigenvalue weighted by atomic mass is 35.5. The first kappa shape index (κ1) is 22.7. The van der Waals surface area contributed by atoms with Crippen LogP contribution in [0.5, 0.6) is 0 Å². The van der Waals surface area contributed by atoms with Crippen LogP contribution in [0.15, 0.2) is 42.6 Å². The molecule has 2 aliphatic heterocycles. The summed E-state index contributed by atoms with van der Waals surface area (Å²) in [4.78, 5) is 16.5. The summed E-state index contributed by atoms with van der Waals surface area (Å²) in [5, 5.41) is 10.5. The molecule has 2 atom stereocenters. The van der Waals surface area contributed by atoms with Crippen LogP contribution in [-0.4, -0.2) is 65.8 Å². The minimum Gasteiger partial charge on any atom is -0.369 e. The highest BCUT2D eigenvalue weighted by Crippen LogP contribution is 2.32. The average molecular weight is 486 g/mol. The lowest BCUT2D eigenvalue weighted by Crippen LogP contribution is -2.56. The molecule has 0 saturated carbocycles. The first-order chi connectivity index (χ1) is 16.0. The zero-order chi connectivity index (χ0) is 23.0. The van der Waals surface area contributed by atoms with Crippen LogP contribution in [0.2, 0.25) is 10.0 Å². The van der Waals surface area contributed by atoms with Gasteiger partial charge in [-0.1, -0.05) is 29.3 Å². The summed E-state index contributed by atoms with van der Waals surface area (Å²) >= 11 is 12.6. The summed E-state index contributed by atoms with van der Waals surface area (Å²) < 4.78 is 2.03. The standard InChI is InChI=1S/C25H29Cl2N5O/c1-18(22-6-4-20(26)13-23(22)27)32-24-14-21(5-3-19(24)15-29-32)31-11-9-30(10-12-31)16-25(17-33)7-2-8-28-25/h3-6,13-15,17-18,28H,2,7-12,16H2,1H3. The molecule has 0 aliphatic carbocycles. The lowest BCUT2D eigenvalue weighted by Gasteiger charge is -2.39. The molecule has 2 aliphatic rings. The second-order valence-corrected chi connectivity index (χ2v) is 10.1. The Morgan fingerprint density at radius 3 is 2.67 bits per heavy atom. The second kappa shape index (κ2) is 9.26. The summed E-state index contributed by atoms with van der Waals surface area (Å²) in [5.41, 5.74) is 2.92. The maximum Gasteiger partial charge on any atom is 0.141 e. The van der Waals surface area contributed by atoms with E-state index in [0.29, 0.717) is 10.0 Å². The number of aromatic nitrogens is 2. The van der Waals surface area contributed by atoms with E-state index in [1.165, 1.54) is 5.69 Å². The Labute approximate surface area is 204 Å². The lowest BCUT2D eigenvalue weighted by molar-refractivity contribution is -0.113. The van der Waals surface area contributed by atoms with Gasteiger partial charge in [-0.3, -0.25) is 9.58 Å². The second-order valence-electron chi connectivity index (χ2n) is 9.24. The van der Waals surface area contributed by atoms with E-state index in [-0.39, 0.29) is 11.6 Å². The maximum atomic E-state index is 11.7. The zero-order valence-electron chi connectivity index (χ0n) is 18.8. The van der Waals surface area contributed by atoms with E-state index in [2.05, 4.69) is 45.3 Å². The molecule has 174 valence electrons. The van der Waals surface area contributed by atoms with Crippen LogP contribution in [-0.2, 0) is 4.79 Å². The van der Waals surface area contributed by atoms with Crippen LogP contribution in [0.1, 0.15) is 31.4 Å². The number of carbonyl (C=O) groups is 1. The van der Waals surface area contributed by atoms with Gasteiger partial charge in [0, 0.05) is 53.8 Å². The number of carbonyl (C=O) groups excluding carboxylic acids is 1. The predicted molar refractivity (Wildman–Crippen MR) is 135 cm³/mol. The van der Waals surface area contributed by atoms with Gasteiger partial charge in [-0.15, -0.1) is 0 Å². The third kappa shape index (κ3) is 4.50. The molecular formula is C25H29Cl2N5O. The van der Waals surface area contributed by atoms with Crippen molar-refractivity contribution in [3.63, 3.8) is 0 Å². The number of hydrogen-bond donors (Lipinski definition) is 1. The first-order valence-corrected chi connectivity index (χ1v) is 12.3. The number of anilines is 1. The fourth-order valence-corrected chi connectivity index (χ4v) is 5.74. The fourth-order valence-electron chi connectivity index (χ4n) is 5.17. The fraction of sp³-hybridized carbons (Fsp3) is 0.440. The number of benzene rings is 2. The lowest BCUT2D eigenvalue weighted by atomic mass is 9.98. The number of hydrogen-bond acceptors (Lipinski definition) is 5. The van der Waals surface area contributed by atoms with Crippen LogP contribution in [0, 0.1) is 0 Å². The first-order valence-electron chi connectivity index (χ1n) is 11.6. The molecule has 8 heteroatoms. The Kier molecular flexibility index (Phi) is 6.36. The van der Waals surface area contributed by atoms with Crippen molar-refractivity contribution in [3.05, 3.63) is 58.2 Å². The molecule has 0 amide bonds. The van der Waals surface area contributed by atoms with E-state index in [0.717, 1.165) is 74.9 Å². The van der Waals surface area contributed by atoms with Gasteiger partial charge in [0.15, 0.2) is 0 Å². The molecule has 0 spiro atoms. The van der Waals surface area contributed by atoms with Gasteiger partial charge in [0.1, 0.15) is 6.29 Å². The van der Waals surface area contributed by atoms with Crippen molar-refractivity contribution < 1.29 is 4.79 Å². The van der Waals surface area contributed by atoms with Gasteiger partial charge in [-0.25, -0.2) is 0 Å². The van der Waals surface area contributed by atoms with Crippen LogP contribution < -0.4 is 10.2 Å². The van der Waals surface area contributed by atoms with Gasteiger partial charge in [0.2, 0.25) is 0 Å². The van der Waals surface area contributed by atoms with Crippen LogP contribution in [0.4, 0.5) is 5.69 Å². The molecule has 1 aromatic heterocycles. The molecule has 1 N–H and O–H groups in total. The van der Waals surface area contributed by atoms with Gasteiger partial charge < -0.3 is 15.0 Å². The highest BCUT2D eigenvalue weighted by molar-refractivity contribution is 6.35. The topological polar surface area (TPSA) is 53.4 Å². The maximum absolute atomic E-state index is 11.7. The number of piperazine rings is 1. The van der Waals surface area contributed by atoms with Gasteiger partial charge in [-0.2, -0.15) is 5.10 Å². The molecule has 2 saturated heterocycles. The highest BCUT2D eigenvalue weighted by Gasteiger charge is 2.35. The van der Waals surface area contributed by atoms with Gasteiger partial charge >= 0.3 is 0 Å². The summed E-state index contributed by atoms with van der Waals surface area (Å²) in [7, 11) is 0. The van der Waals surface area contributed by atoms with E-state index in [4.69, 9.17) is 23.2 Å². The van der Waals surface area contributed by atoms with Gasteiger partial charge in [-0.05, 0) is 62.2 Å². The summed E-state index contributed by atoms with van der Waals surface area (Å²) in [5.74, 6) is 0. The molecule has 2 unspecified atom stereocenters. The molecular weight excluding hydrogens is 457 g/mol. The molecule has 0 bridgehead atoms. The minimum absolute atomic E-state index is 0.0159. The SMILES string of the molecule is CC(c1ccc(Cl)cc1Cl)n1ncc2ccc(N3CCN(CC4(C=O)CCCN4)CC3)cc21. The third-order valence-electron chi connectivity index (χ3n) is 7.11. The molecule has 0 radical (unpaired) electrons. The van der Waals surface area contributed by atoms with Gasteiger partial charge in [0.25, 0.3) is 0 Å². The zero-order valence-corrected chi connectivity index (χ0v) is 20.3. The summed E-state index contributed by atoms with van der Waals surface area (Å²) in [6.45, 7) is 7.62. The van der Waals surface area contributed by atoms with Crippen molar-refractivity contribution >= 4 is 46.1 Å². The Bertz CT molecular complexity index is 1150. The molecule has 2 fully saturated rings. The Balaban J connectivity index is 1.32. The van der Waals surface area contributed by atoms with E-state index in [9.17, 15) is 4.79 Å². The molecule has 3 heterocycles. The number of nitrogens with one attached hydrogen (secondary N) is 1. The average Bonchev–Trinajstić information content (AvgIpc) is 3.46. The molecule has 3 aromatic rings. The Hall–Kier alpha value is -2.12. The normalized spacial score (nSPS) is 22.7. The number of fused-ring (bicyclic) bond motifs is 1. The monoisotopic (exact) mass is 485 g/mol. The van der Waals surface area contributed by atoms with Crippen molar-refractivity contribution in [3.8, 4) is 0 Å². The van der Waals surface area contributed by atoms with E-state index in [1.54, 1.807) is 6.07 Å². The number of halogens is 2. The van der Waals surface area contributed by atoms with E-state index < -0.39 is 0 Å². The van der Waals surface area contributed by atoms with Crippen LogP contribution in [0.3, 0.4) is 0 Å². The van der Waals surface area contributed by atoms with Crippen molar-refractivity contribution in [1.29, 1.82) is 0 Å². The largest absolute Gasteiger partial charge is 0.369 e.